The Hall–Kier alpha value is -1.85. The second kappa shape index (κ2) is 7.81. The Balaban J connectivity index is 1.57. The second-order valence-electron chi connectivity index (χ2n) is 5.76. The van der Waals surface area contributed by atoms with Gasteiger partial charge in [0.25, 0.3) is 0 Å². The number of halogens is 1. The van der Waals surface area contributed by atoms with Crippen LogP contribution in [-0.4, -0.2) is 22.3 Å². The maximum Gasteiger partial charge on any atom is 0.226 e. The molecule has 24 heavy (non-hydrogen) atoms. The second-order valence-corrected chi connectivity index (χ2v) is 7.14. The third-order valence-electron chi connectivity index (χ3n) is 3.70. The van der Waals surface area contributed by atoms with Gasteiger partial charge in [-0.1, -0.05) is 23.7 Å². The number of hydrogen-bond donors (Lipinski definition) is 0. The van der Waals surface area contributed by atoms with Gasteiger partial charge >= 0.3 is 0 Å². The summed E-state index contributed by atoms with van der Waals surface area (Å²) in [6.07, 6.45) is 3.76. The van der Waals surface area contributed by atoms with Gasteiger partial charge < -0.3 is 9.64 Å². The van der Waals surface area contributed by atoms with Crippen LogP contribution in [0, 0.1) is 5.92 Å². The summed E-state index contributed by atoms with van der Waals surface area (Å²) in [4.78, 5) is 18.7. The Labute approximate surface area is 150 Å². The fraction of sp³-hybridized carbons (Fsp3) is 0.333. The van der Waals surface area contributed by atoms with Crippen LogP contribution in [0.25, 0.3) is 0 Å². The van der Waals surface area contributed by atoms with Crippen molar-refractivity contribution in [3.05, 3.63) is 58.0 Å². The Morgan fingerprint density at radius 2 is 2.33 bits per heavy atom. The highest BCUT2D eigenvalue weighted by atomic mass is 35.5. The molecular weight excluding hydrogens is 344 g/mol. The highest BCUT2D eigenvalue weighted by molar-refractivity contribution is 7.09. The molecule has 2 aromatic rings. The zero-order valence-corrected chi connectivity index (χ0v) is 14.9. The standard InChI is InChI=1S/C18H19ClN2O2S/c1-2-8-21(18(22)13-6-7-13)10-15-12-24-17(20-15)11-23-16-5-3-4-14(19)9-16/h2-5,9,12-13H,1,6-8,10-11H2. The maximum absolute atomic E-state index is 12.3. The van der Waals surface area contributed by atoms with Gasteiger partial charge in [-0.3, -0.25) is 4.79 Å². The molecule has 0 unspecified atom stereocenters. The van der Waals surface area contributed by atoms with E-state index in [2.05, 4.69) is 11.6 Å². The van der Waals surface area contributed by atoms with Gasteiger partial charge in [0.1, 0.15) is 17.4 Å². The molecule has 0 spiro atoms. The molecule has 0 atom stereocenters. The van der Waals surface area contributed by atoms with Crippen LogP contribution in [0.2, 0.25) is 5.02 Å². The predicted molar refractivity (Wildman–Crippen MR) is 96.2 cm³/mol. The van der Waals surface area contributed by atoms with Crippen molar-refractivity contribution in [1.82, 2.24) is 9.88 Å². The van der Waals surface area contributed by atoms with Crippen LogP contribution in [-0.2, 0) is 17.9 Å². The average Bonchev–Trinajstić information content (AvgIpc) is 3.32. The predicted octanol–water partition coefficient (Wildman–Crippen LogP) is 4.30. The van der Waals surface area contributed by atoms with E-state index in [4.69, 9.17) is 16.3 Å². The molecule has 3 rings (SSSR count). The van der Waals surface area contributed by atoms with Crippen molar-refractivity contribution in [2.75, 3.05) is 6.54 Å². The fourth-order valence-electron chi connectivity index (χ4n) is 2.36. The Kier molecular flexibility index (Phi) is 5.53. The number of ether oxygens (including phenoxy) is 1. The summed E-state index contributed by atoms with van der Waals surface area (Å²) in [7, 11) is 0. The number of carbonyl (C=O) groups excluding carboxylic acids is 1. The monoisotopic (exact) mass is 362 g/mol. The first kappa shape index (κ1) is 17.0. The van der Waals surface area contributed by atoms with E-state index in [9.17, 15) is 4.79 Å². The van der Waals surface area contributed by atoms with Gasteiger partial charge in [0, 0.05) is 22.9 Å². The van der Waals surface area contributed by atoms with E-state index in [1.54, 1.807) is 18.2 Å². The smallest absolute Gasteiger partial charge is 0.226 e. The number of aromatic nitrogens is 1. The van der Waals surface area contributed by atoms with Crippen LogP contribution in [0.3, 0.4) is 0 Å². The molecule has 1 fully saturated rings. The van der Waals surface area contributed by atoms with E-state index < -0.39 is 0 Å². The van der Waals surface area contributed by atoms with E-state index >= 15 is 0 Å². The highest BCUT2D eigenvalue weighted by Gasteiger charge is 2.33. The molecule has 6 heteroatoms. The number of hydrogen-bond acceptors (Lipinski definition) is 4. The van der Waals surface area contributed by atoms with Crippen molar-refractivity contribution in [3.8, 4) is 5.75 Å². The number of carbonyl (C=O) groups is 1. The van der Waals surface area contributed by atoms with Crippen LogP contribution < -0.4 is 4.74 Å². The maximum atomic E-state index is 12.3. The lowest BCUT2D eigenvalue weighted by Gasteiger charge is -2.19. The first-order chi connectivity index (χ1) is 11.7. The lowest BCUT2D eigenvalue weighted by atomic mass is 10.3. The molecule has 1 amide bonds. The minimum Gasteiger partial charge on any atom is -0.486 e. The van der Waals surface area contributed by atoms with Gasteiger partial charge in [-0.05, 0) is 31.0 Å². The summed E-state index contributed by atoms with van der Waals surface area (Å²) >= 11 is 7.48. The Morgan fingerprint density at radius 1 is 1.50 bits per heavy atom. The van der Waals surface area contributed by atoms with Crippen molar-refractivity contribution >= 4 is 28.8 Å². The fourth-order valence-corrected chi connectivity index (χ4v) is 3.24. The van der Waals surface area contributed by atoms with Gasteiger partial charge in [-0.15, -0.1) is 17.9 Å². The lowest BCUT2D eigenvalue weighted by molar-refractivity contribution is -0.132. The van der Waals surface area contributed by atoms with E-state index in [1.165, 1.54) is 11.3 Å². The molecule has 1 saturated carbocycles. The number of benzene rings is 1. The van der Waals surface area contributed by atoms with Crippen LogP contribution in [0.1, 0.15) is 23.5 Å². The minimum absolute atomic E-state index is 0.203. The molecule has 0 bridgehead atoms. The molecule has 126 valence electrons. The molecule has 1 aliphatic rings. The Morgan fingerprint density at radius 3 is 3.04 bits per heavy atom. The van der Waals surface area contributed by atoms with E-state index in [0.717, 1.165) is 29.3 Å². The molecule has 0 saturated heterocycles. The first-order valence-corrected chi connectivity index (χ1v) is 9.13. The molecule has 0 radical (unpaired) electrons. The summed E-state index contributed by atoms with van der Waals surface area (Å²) in [5.74, 6) is 1.13. The van der Waals surface area contributed by atoms with Crippen LogP contribution >= 0.6 is 22.9 Å². The molecule has 0 N–H and O–H groups in total. The summed E-state index contributed by atoms with van der Waals surface area (Å²) < 4.78 is 5.70. The van der Waals surface area contributed by atoms with Crippen LogP contribution in [0.15, 0.2) is 42.3 Å². The summed E-state index contributed by atoms with van der Waals surface area (Å²) in [5, 5.41) is 3.50. The largest absolute Gasteiger partial charge is 0.486 e. The van der Waals surface area contributed by atoms with Gasteiger partial charge in [-0.2, -0.15) is 0 Å². The van der Waals surface area contributed by atoms with Crippen molar-refractivity contribution in [1.29, 1.82) is 0 Å². The van der Waals surface area contributed by atoms with Gasteiger partial charge in [-0.25, -0.2) is 4.98 Å². The normalized spacial score (nSPS) is 13.5. The van der Waals surface area contributed by atoms with Crippen molar-refractivity contribution < 1.29 is 9.53 Å². The summed E-state index contributed by atoms with van der Waals surface area (Å²) in [6, 6.07) is 7.29. The lowest BCUT2D eigenvalue weighted by Crippen LogP contribution is -2.32. The SMILES string of the molecule is C=CCN(Cc1csc(COc2cccc(Cl)c2)n1)C(=O)C1CC1. The number of thiazole rings is 1. The number of rotatable bonds is 8. The quantitative estimate of drug-likeness (QED) is 0.657. The summed E-state index contributed by atoms with van der Waals surface area (Å²) in [6.45, 7) is 5.21. The number of amides is 1. The molecule has 1 aliphatic carbocycles. The zero-order valence-electron chi connectivity index (χ0n) is 13.3. The third kappa shape index (κ3) is 4.58. The topological polar surface area (TPSA) is 42.4 Å². The molecule has 1 aromatic heterocycles. The van der Waals surface area contributed by atoms with E-state index in [0.29, 0.717) is 24.7 Å². The third-order valence-corrected chi connectivity index (χ3v) is 4.80. The molecule has 0 aliphatic heterocycles. The highest BCUT2D eigenvalue weighted by Crippen LogP contribution is 2.31. The van der Waals surface area contributed by atoms with Gasteiger partial charge in [0.05, 0.1) is 12.2 Å². The number of nitrogens with zero attached hydrogens (tertiary/aromatic N) is 2. The van der Waals surface area contributed by atoms with Crippen molar-refractivity contribution in [3.63, 3.8) is 0 Å². The molecular formula is C18H19ClN2O2S. The molecule has 1 aromatic carbocycles. The van der Waals surface area contributed by atoms with Crippen LogP contribution in [0.4, 0.5) is 0 Å². The van der Waals surface area contributed by atoms with Crippen molar-refractivity contribution in [2.45, 2.75) is 26.0 Å². The van der Waals surface area contributed by atoms with Gasteiger partial charge in [0.15, 0.2) is 0 Å². The summed E-state index contributed by atoms with van der Waals surface area (Å²) in [5.41, 5.74) is 0.889. The van der Waals surface area contributed by atoms with E-state index in [1.807, 2.05) is 22.4 Å². The first-order valence-electron chi connectivity index (χ1n) is 7.87. The van der Waals surface area contributed by atoms with E-state index in [-0.39, 0.29) is 11.8 Å². The van der Waals surface area contributed by atoms with Crippen LogP contribution in [0.5, 0.6) is 5.75 Å². The minimum atomic E-state index is 0.203. The van der Waals surface area contributed by atoms with Gasteiger partial charge in [0.2, 0.25) is 5.91 Å². The average molecular weight is 363 g/mol. The molecule has 1 heterocycles. The zero-order chi connectivity index (χ0) is 16.9. The Bertz CT molecular complexity index is 727. The van der Waals surface area contributed by atoms with Crippen molar-refractivity contribution in [2.24, 2.45) is 5.92 Å². The molecule has 4 nitrogen and oxygen atoms in total.